The summed E-state index contributed by atoms with van der Waals surface area (Å²) in [6.07, 6.45) is 0.931. The molecular weight excluding hydrogens is 252 g/mol. The first kappa shape index (κ1) is 15.0. The third-order valence-corrected chi connectivity index (χ3v) is 3.62. The lowest BCUT2D eigenvalue weighted by Gasteiger charge is -2.27. The fourth-order valence-electron chi connectivity index (χ4n) is 1.75. The van der Waals surface area contributed by atoms with E-state index in [-0.39, 0.29) is 5.91 Å². The number of nitrogens with one attached hydrogen (secondary N) is 1. The van der Waals surface area contributed by atoms with Crippen molar-refractivity contribution in [1.82, 2.24) is 15.1 Å². The van der Waals surface area contributed by atoms with Gasteiger partial charge in [0.05, 0.1) is 23.0 Å². The highest BCUT2D eigenvalue weighted by molar-refractivity contribution is 6.31. The van der Waals surface area contributed by atoms with Crippen molar-refractivity contribution in [1.29, 1.82) is 0 Å². The number of primary amides is 1. The molecule has 0 aliphatic rings. The van der Waals surface area contributed by atoms with Gasteiger partial charge in [0.25, 0.3) is 0 Å². The molecule has 0 saturated heterocycles. The zero-order valence-corrected chi connectivity index (χ0v) is 12.1. The molecular formula is C12H21ClN4O. The highest BCUT2D eigenvalue weighted by atomic mass is 35.5. The van der Waals surface area contributed by atoms with Gasteiger partial charge in [-0.05, 0) is 33.7 Å². The molecule has 6 heteroatoms. The molecule has 0 bridgehead atoms. The number of nitrogens with zero attached hydrogens (tertiary/aromatic N) is 2. The standard InChI is InChI=1S/C12H21ClN4O/c1-5-6-15-12(4,11(14)18)7-17-9(3)10(13)8(2)16-17/h15H,5-7H2,1-4H3,(H2,14,18). The number of hydrogen-bond acceptors (Lipinski definition) is 3. The fourth-order valence-corrected chi connectivity index (χ4v) is 1.89. The molecule has 1 rings (SSSR count). The largest absolute Gasteiger partial charge is 0.368 e. The van der Waals surface area contributed by atoms with Gasteiger partial charge in [-0.2, -0.15) is 5.10 Å². The summed E-state index contributed by atoms with van der Waals surface area (Å²) in [5, 5.41) is 8.13. The van der Waals surface area contributed by atoms with Gasteiger partial charge in [-0.15, -0.1) is 0 Å². The Labute approximate surface area is 113 Å². The highest BCUT2D eigenvalue weighted by Gasteiger charge is 2.32. The predicted molar refractivity (Wildman–Crippen MR) is 72.6 cm³/mol. The molecule has 102 valence electrons. The minimum absolute atomic E-state index is 0.377. The number of halogens is 1. The van der Waals surface area contributed by atoms with Crippen LogP contribution in [0.3, 0.4) is 0 Å². The van der Waals surface area contributed by atoms with E-state index in [0.717, 1.165) is 24.4 Å². The van der Waals surface area contributed by atoms with Crippen LogP contribution in [0.2, 0.25) is 5.02 Å². The summed E-state index contributed by atoms with van der Waals surface area (Å²) in [6.45, 7) is 8.65. The molecule has 3 N–H and O–H groups in total. The monoisotopic (exact) mass is 272 g/mol. The van der Waals surface area contributed by atoms with E-state index in [1.165, 1.54) is 0 Å². The molecule has 0 aliphatic heterocycles. The number of hydrogen-bond donors (Lipinski definition) is 2. The summed E-state index contributed by atoms with van der Waals surface area (Å²) in [6, 6.07) is 0. The van der Waals surface area contributed by atoms with Crippen molar-refractivity contribution < 1.29 is 4.79 Å². The number of rotatable bonds is 6. The summed E-state index contributed by atoms with van der Waals surface area (Å²) in [7, 11) is 0. The maximum Gasteiger partial charge on any atom is 0.239 e. The lowest BCUT2D eigenvalue weighted by atomic mass is 10.0. The van der Waals surface area contributed by atoms with Gasteiger partial charge in [0.1, 0.15) is 5.54 Å². The van der Waals surface area contributed by atoms with Gasteiger partial charge >= 0.3 is 0 Å². The van der Waals surface area contributed by atoms with Gasteiger partial charge in [-0.1, -0.05) is 18.5 Å². The Hall–Kier alpha value is -1.07. The first-order chi connectivity index (χ1) is 8.31. The van der Waals surface area contributed by atoms with Crippen molar-refractivity contribution in [3.63, 3.8) is 0 Å². The van der Waals surface area contributed by atoms with E-state index in [2.05, 4.69) is 10.4 Å². The van der Waals surface area contributed by atoms with E-state index in [1.54, 1.807) is 11.6 Å². The predicted octanol–water partition coefficient (Wildman–Crippen LogP) is 1.40. The molecule has 1 unspecified atom stereocenters. The Balaban J connectivity index is 2.96. The normalized spacial score (nSPS) is 14.5. The Kier molecular flexibility index (Phi) is 4.76. The van der Waals surface area contributed by atoms with Crippen LogP contribution in [0.15, 0.2) is 0 Å². The number of nitrogens with two attached hydrogens (primary N) is 1. The van der Waals surface area contributed by atoms with Gasteiger partial charge in [0.15, 0.2) is 0 Å². The SMILES string of the molecule is CCCNC(C)(Cn1nc(C)c(Cl)c1C)C(N)=O. The average molecular weight is 273 g/mol. The maximum absolute atomic E-state index is 11.6. The van der Waals surface area contributed by atoms with E-state index in [0.29, 0.717) is 11.6 Å². The van der Waals surface area contributed by atoms with E-state index in [9.17, 15) is 4.79 Å². The van der Waals surface area contributed by atoms with Gasteiger partial charge in [0.2, 0.25) is 5.91 Å². The van der Waals surface area contributed by atoms with Crippen LogP contribution in [-0.4, -0.2) is 27.8 Å². The molecule has 1 heterocycles. The van der Waals surface area contributed by atoms with Crippen molar-refractivity contribution in [2.45, 2.75) is 46.2 Å². The van der Waals surface area contributed by atoms with Gasteiger partial charge < -0.3 is 11.1 Å². The summed E-state index contributed by atoms with van der Waals surface area (Å²) < 4.78 is 1.73. The van der Waals surface area contributed by atoms with Gasteiger partial charge in [0, 0.05) is 0 Å². The van der Waals surface area contributed by atoms with Crippen LogP contribution in [0, 0.1) is 13.8 Å². The molecule has 1 amide bonds. The second-order valence-electron chi connectivity index (χ2n) is 4.77. The summed E-state index contributed by atoms with van der Waals surface area (Å²) in [5.74, 6) is -0.389. The second-order valence-corrected chi connectivity index (χ2v) is 5.14. The van der Waals surface area contributed by atoms with Crippen molar-refractivity contribution in [3.05, 3.63) is 16.4 Å². The lowest BCUT2D eigenvalue weighted by Crippen LogP contribution is -2.56. The van der Waals surface area contributed by atoms with Gasteiger partial charge in [-0.3, -0.25) is 9.48 Å². The van der Waals surface area contributed by atoms with Crippen LogP contribution < -0.4 is 11.1 Å². The van der Waals surface area contributed by atoms with Crippen molar-refractivity contribution in [2.75, 3.05) is 6.54 Å². The highest BCUT2D eigenvalue weighted by Crippen LogP contribution is 2.20. The Morgan fingerprint density at radius 3 is 2.56 bits per heavy atom. The van der Waals surface area contributed by atoms with Crippen LogP contribution in [0.5, 0.6) is 0 Å². The minimum Gasteiger partial charge on any atom is -0.368 e. The molecule has 5 nitrogen and oxygen atoms in total. The molecule has 0 saturated carbocycles. The number of carbonyl (C=O) groups is 1. The molecule has 1 aromatic rings. The number of aromatic nitrogens is 2. The van der Waals surface area contributed by atoms with Gasteiger partial charge in [-0.25, -0.2) is 0 Å². The van der Waals surface area contributed by atoms with Crippen LogP contribution in [0.4, 0.5) is 0 Å². The number of carbonyl (C=O) groups excluding carboxylic acids is 1. The topological polar surface area (TPSA) is 72.9 Å². The summed E-state index contributed by atoms with van der Waals surface area (Å²) >= 11 is 6.09. The smallest absolute Gasteiger partial charge is 0.239 e. The number of amides is 1. The molecule has 0 fully saturated rings. The van der Waals surface area contributed by atoms with Crippen LogP contribution >= 0.6 is 11.6 Å². The minimum atomic E-state index is -0.817. The average Bonchev–Trinajstić information content (AvgIpc) is 2.54. The molecule has 1 atom stereocenters. The Morgan fingerprint density at radius 2 is 2.17 bits per heavy atom. The van der Waals surface area contributed by atoms with Crippen molar-refractivity contribution in [2.24, 2.45) is 5.73 Å². The Morgan fingerprint density at radius 1 is 1.56 bits per heavy atom. The molecule has 1 aromatic heterocycles. The van der Waals surface area contributed by atoms with E-state index >= 15 is 0 Å². The zero-order chi connectivity index (χ0) is 13.9. The second kappa shape index (κ2) is 5.71. The van der Waals surface area contributed by atoms with E-state index in [1.807, 2.05) is 20.8 Å². The Bertz CT molecular complexity index is 444. The lowest BCUT2D eigenvalue weighted by molar-refractivity contribution is -0.124. The van der Waals surface area contributed by atoms with E-state index in [4.69, 9.17) is 17.3 Å². The van der Waals surface area contributed by atoms with Crippen molar-refractivity contribution in [3.8, 4) is 0 Å². The fraction of sp³-hybridized carbons (Fsp3) is 0.667. The molecule has 0 aromatic carbocycles. The molecule has 0 aliphatic carbocycles. The molecule has 0 spiro atoms. The first-order valence-electron chi connectivity index (χ1n) is 6.06. The third-order valence-electron chi connectivity index (χ3n) is 3.07. The number of aryl methyl sites for hydroxylation is 1. The first-order valence-corrected chi connectivity index (χ1v) is 6.44. The van der Waals surface area contributed by atoms with Crippen molar-refractivity contribution >= 4 is 17.5 Å². The van der Waals surface area contributed by atoms with Crippen LogP contribution in [0.1, 0.15) is 31.7 Å². The summed E-state index contributed by atoms with van der Waals surface area (Å²) in [5.41, 5.74) is 6.27. The van der Waals surface area contributed by atoms with Crippen LogP contribution in [0.25, 0.3) is 0 Å². The zero-order valence-electron chi connectivity index (χ0n) is 11.4. The third kappa shape index (κ3) is 3.03. The molecule has 0 radical (unpaired) electrons. The summed E-state index contributed by atoms with van der Waals surface area (Å²) in [4.78, 5) is 11.6. The van der Waals surface area contributed by atoms with E-state index < -0.39 is 5.54 Å². The van der Waals surface area contributed by atoms with Crippen LogP contribution in [-0.2, 0) is 11.3 Å². The maximum atomic E-state index is 11.6. The quantitative estimate of drug-likeness (QED) is 0.822. The molecule has 18 heavy (non-hydrogen) atoms.